The number of amidine groups is 2. The number of hydrogen-bond donors (Lipinski definition) is 3. The van der Waals surface area contributed by atoms with Crippen LogP contribution in [0.15, 0.2) is 58.4 Å². The molecule has 5 N–H and O–H groups in total. The summed E-state index contributed by atoms with van der Waals surface area (Å²) in [5.41, 5.74) is 15.7. The van der Waals surface area contributed by atoms with E-state index in [4.69, 9.17) is 20.7 Å². The number of ether oxygens (including phenoxy) is 1. The number of aromatic nitrogens is 1. The zero-order valence-electron chi connectivity index (χ0n) is 18.9. The molecule has 0 amide bonds. The summed E-state index contributed by atoms with van der Waals surface area (Å²) in [7, 11) is 1.64. The second-order valence-corrected chi connectivity index (χ2v) is 13.0. The van der Waals surface area contributed by atoms with Crippen molar-refractivity contribution in [1.29, 1.82) is 0 Å². The fourth-order valence-corrected chi connectivity index (χ4v) is 10.4. The van der Waals surface area contributed by atoms with Crippen molar-refractivity contribution < 1.29 is 4.74 Å². The summed E-state index contributed by atoms with van der Waals surface area (Å²) in [6.45, 7) is 1.19. The van der Waals surface area contributed by atoms with Gasteiger partial charge in [-0.05, 0) is 43.7 Å². The van der Waals surface area contributed by atoms with Gasteiger partial charge in [0.25, 0.3) is 0 Å². The Labute approximate surface area is 200 Å². The Balaban J connectivity index is 1.42. The lowest BCUT2D eigenvalue weighted by Gasteiger charge is -2.33. The van der Waals surface area contributed by atoms with Crippen LogP contribution in [0.3, 0.4) is 0 Å². The van der Waals surface area contributed by atoms with E-state index in [1.807, 2.05) is 6.20 Å². The van der Waals surface area contributed by atoms with E-state index in [-0.39, 0.29) is 0 Å². The number of aliphatic imine (C=N–C) groups is 2. The van der Waals surface area contributed by atoms with Crippen molar-refractivity contribution in [3.63, 3.8) is 0 Å². The van der Waals surface area contributed by atoms with E-state index in [0.29, 0.717) is 30.1 Å². The van der Waals surface area contributed by atoms with Gasteiger partial charge >= 0.3 is 0 Å². The number of nitrogens with zero attached hydrogens (tertiary/aromatic N) is 3. The third-order valence-electron chi connectivity index (χ3n) is 6.61. The van der Waals surface area contributed by atoms with Crippen LogP contribution in [0.1, 0.15) is 31.4 Å². The summed E-state index contributed by atoms with van der Waals surface area (Å²) in [5.74, 6) is 2.27. The topological polar surface area (TPSA) is 105 Å². The molecule has 1 saturated carbocycles. The van der Waals surface area contributed by atoms with Crippen LogP contribution in [0.4, 0.5) is 0 Å². The molecule has 1 fully saturated rings. The standard InChI is InChI=1S/C25H31IN6O/c1-26-22(20-13-18-5-3-4-6-19(18)31-20)23-25(28)29-11-12-32(23)24(26)17-9-7-16(8-10-17)14-30-21(27)15-33-2/h3-6,11-13,16-17,31H,1,7-10,14-15H2,2H3,(H2,27,30)(H2,28,29). The van der Waals surface area contributed by atoms with Crippen molar-refractivity contribution >= 4 is 53.2 Å². The molecule has 0 radical (unpaired) electrons. The molecule has 33 heavy (non-hydrogen) atoms. The molecule has 5 rings (SSSR count). The molecule has 0 spiro atoms. The first-order valence-electron chi connectivity index (χ1n) is 11.3. The van der Waals surface area contributed by atoms with E-state index in [1.54, 1.807) is 7.11 Å². The first-order valence-corrected chi connectivity index (χ1v) is 15.0. The van der Waals surface area contributed by atoms with Crippen LogP contribution < -0.4 is 11.5 Å². The van der Waals surface area contributed by atoms with Crippen LogP contribution >= 0.6 is 18.9 Å². The number of nitrogens with two attached hydrogens (primary N) is 2. The predicted octanol–water partition coefficient (Wildman–Crippen LogP) is 3.87. The second-order valence-electron chi connectivity index (χ2n) is 8.78. The Morgan fingerprint density at radius 1 is 1.30 bits per heavy atom. The number of halogens is 1. The molecule has 3 aliphatic rings. The zero-order chi connectivity index (χ0) is 22.9. The minimum absolute atomic E-state index is 0.401. The van der Waals surface area contributed by atoms with E-state index in [2.05, 4.69) is 56.4 Å². The van der Waals surface area contributed by atoms with Crippen molar-refractivity contribution in [2.45, 2.75) is 25.7 Å². The molecule has 0 bridgehead atoms. The Kier molecular flexibility index (Phi) is 6.29. The van der Waals surface area contributed by atoms with Gasteiger partial charge in [-0.1, -0.05) is 41.6 Å². The van der Waals surface area contributed by atoms with Crippen molar-refractivity contribution in [3.05, 3.63) is 54.1 Å². The van der Waals surface area contributed by atoms with Crippen LogP contribution in [0.2, 0.25) is 0 Å². The van der Waals surface area contributed by atoms with E-state index in [9.17, 15) is 0 Å². The molecule has 1 aromatic carbocycles. The summed E-state index contributed by atoms with van der Waals surface area (Å²) >= 11 is -1.90. The first kappa shape index (κ1) is 22.2. The maximum atomic E-state index is 6.44. The molecule has 0 atom stereocenters. The molecule has 174 valence electrons. The lowest BCUT2D eigenvalue weighted by Crippen LogP contribution is -2.36. The Bertz CT molecular complexity index is 1240. The number of benzene rings is 1. The number of fused-ring (bicyclic) bond motifs is 2. The molecule has 3 heterocycles. The summed E-state index contributed by atoms with van der Waals surface area (Å²) in [4.78, 5) is 14.9. The molecule has 0 unspecified atom stereocenters. The number of hydrogen-bond acceptors (Lipinski definition) is 5. The molecule has 2 aromatic rings. The van der Waals surface area contributed by atoms with Gasteiger partial charge in [-0.15, -0.1) is 0 Å². The van der Waals surface area contributed by atoms with E-state index < -0.39 is 18.9 Å². The highest BCUT2D eigenvalue weighted by Gasteiger charge is 2.36. The summed E-state index contributed by atoms with van der Waals surface area (Å²) < 4.78 is 12.6. The number of methoxy groups -OCH3 is 1. The molecular weight excluding hydrogens is 527 g/mol. The van der Waals surface area contributed by atoms with Crippen molar-refractivity contribution in [2.24, 2.45) is 33.3 Å². The normalized spacial score (nSPS) is 24.0. The minimum atomic E-state index is -1.90. The largest absolute Gasteiger partial charge is 0.386 e. The average molecular weight is 558 g/mol. The SMILES string of the molecule is C=I1=C(C2CCC(CN=C(N)COC)CC2)N2C=CN=C(N)C2=C1c1cc2ccccc2[nH]1. The number of para-hydroxylation sites is 1. The van der Waals surface area contributed by atoms with Crippen LogP contribution in [0, 0.1) is 11.8 Å². The number of H-pyrrole nitrogens is 1. The maximum absolute atomic E-state index is 6.44. The quantitative estimate of drug-likeness (QED) is 0.285. The van der Waals surface area contributed by atoms with Crippen molar-refractivity contribution in [2.75, 3.05) is 20.3 Å². The number of aromatic amines is 1. The Hall–Kier alpha value is -2.59. The lowest BCUT2D eigenvalue weighted by atomic mass is 9.81. The van der Waals surface area contributed by atoms with Gasteiger partial charge in [-0.3, -0.25) is 4.99 Å². The molecule has 1 aliphatic carbocycles. The van der Waals surface area contributed by atoms with Gasteiger partial charge in [-0.25, -0.2) is 4.99 Å². The lowest BCUT2D eigenvalue weighted by molar-refractivity contribution is 0.243. The molecule has 0 saturated heterocycles. The summed E-state index contributed by atoms with van der Waals surface area (Å²) in [6, 6.07) is 10.6. The fraction of sp³-hybridized carbons (Fsp3) is 0.360. The predicted molar refractivity (Wildman–Crippen MR) is 148 cm³/mol. The highest BCUT2D eigenvalue weighted by molar-refractivity contribution is 14.2. The van der Waals surface area contributed by atoms with Crippen molar-refractivity contribution in [3.8, 4) is 0 Å². The Morgan fingerprint density at radius 3 is 2.85 bits per heavy atom. The van der Waals surface area contributed by atoms with Gasteiger partial charge in [-0.2, -0.15) is 0 Å². The highest BCUT2D eigenvalue weighted by Crippen LogP contribution is 2.49. The third kappa shape index (κ3) is 4.21. The molecule has 1 aromatic heterocycles. The monoisotopic (exact) mass is 558 g/mol. The van der Waals surface area contributed by atoms with Gasteiger partial charge in [0, 0.05) is 42.9 Å². The van der Waals surface area contributed by atoms with E-state index in [1.165, 1.54) is 12.6 Å². The average Bonchev–Trinajstić information content (AvgIpc) is 3.37. The van der Waals surface area contributed by atoms with Crippen LogP contribution in [-0.4, -0.2) is 50.0 Å². The van der Waals surface area contributed by atoms with Gasteiger partial charge in [0.15, 0.2) is 0 Å². The van der Waals surface area contributed by atoms with Gasteiger partial charge in [0.2, 0.25) is 0 Å². The zero-order valence-corrected chi connectivity index (χ0v) is 21.1. The second kappa shape index (κ2) is 9.34. The Morgan fingerprint density at radius 2 is 2.09 bits per heavy atom. The van der Waals surface area contributed by atoms with Crippen LogP contribution in [0.25, 0.3) is 14.5 Å². The van der Waals surface area contributed by atoms with Crippen LogP contribution in [-0.2, 0) is 4.74 Å². The van der Waals surface area contributed by atoms with Crippen LogP contribution in [0.5, 0.6) is 0 Å². The highest BCUT2D eigenvalue weighted by atomic mass is 127. The third-order valence-corrected chi connectivity index (χ3v) is 11.7. The molecule has 8 heteroatoms. The van der Waals surface area contributed by atoms with Gasteiger partial charge < -0.3 is 26.1 Å². The van der Waals surface area contributed by atoms with Crippen molar-refractivity contribution in [1.82, 2.24) is 9.88 Å². The molecule has 2 aliphatic heterocycles. The van der Waals surface area contributed by atoms with Gasteiger partial charge in [0.05, 0.1) is 12.9 Å². The number of rotatable bonds is 6. The molecular formula is C25H31IN6O. The fourth-order valence-electron chi connectivity index (χ4n) is 5.00. The smallest absolute Gasteiger partial charge is 0.148 e. The summed E-state index contributed by atoms with van der Waals surface area (Å²) in [5, 5.41) is 1.21. The van der Waals surface area contributed by atoms with E-state index >= 15 is 0 Å². The number of nitrogens with one attached hydrogen (secondary N) is 1. The minimum Gasteiger partial charge on any atom is -0.386 e. The van der Waals surface area contributed by atoms with E-state index in [0.717, 1.165) is 49.1 Å². The summed E-state index contributed by atoms with van der Waals surface area (Å²) in [6.07, 6.45) is 8.50. The van der Waals surface area contributed by atoms with Gasteiger partial charge in [0.1, 0.15) is 24.0 Å². The molecule has 7 nitrogen and oxygen atoms in total. The first-order chi connectivity index (χ1) is 16.1. The maximum Gasteiger partial charge on any atom is 0.148 e.